The van der Waals surface area contributed by atoms with E-state index in [1.807, 2.05) is 61.5 Å². The number of hydrogen-bond acceptors (Lipinski definition) is 3. The van der Waals surface area contributed by atoms with Crippen LogP contribution < -0.4 is 0 Å². The molecule has 0 saturated carbocycles. The van der Waals surface area contributed by atoms with Gasteiger partial charge in [-0.1, -0.05) is 73.7 Å². The minimum Gasteiger partial charge on any atom is -0.289 e. The number of rotatable bonds is 4. The molecule has 0 fully saturated rings. The highest BCUT2D eigenvalue weighted by Crippen LogP contribution is 2.40. The van der Waals surface area contributed by atoms with Crippen LogP contribution in [0.3, 0.4) is 0 Å². The lowest BCUT2D eigenvalue weighted by molar-refractivity contribution is -0.534. The predicted molar refractivity (Wildman–Crippen MR) is 92.6 cm³/mol. The molecule has 3 rings (SSSR count). The molecule has 1 aliphatic rings. The minimum atomic E-state index is -0.792. The maximum Gasteiger partial charge on any atom is 0.226 e. The van der Waals surface area contributed by atoms with Gasteiger partial charge in [-0.05, 0) is 12.0 Å². The molecule has 0 bridgehead atoms. The summed E-state index contributed by atoms with van der Waals surface area (Å²) in [5.74, 6) is -0.751. The first-order chi connectivity index (χ1) is 11.6. The summed E-state index contributed by atoms with van der Waals surface area (Å²) in [5, 5.41) is 11.7. The highest BCUT2D eigenvalue weighted by Gasteiger charge is 2.44. The number of Topliss-reactive ketones (excluding diaryl/α,β-unsaturated/α-hetero) is 1. The van der Waals surface area contributed by atoms with Gasteiger partial charge in [0.2, 0.25) is 6.04 Å². The van der Waals surface area contributed by atoms with Crippen LogP contribution in [-0.2, 0) is 0 Å². The summed E-state index contributed by atoms with van der Waals surface area (Å²) in [4.78, 5) is 24.5. The molecule has 4 nitrogen and oxygen atoms in total. The largest absolute Gasteiger partial charge is 0.289 e. The van der Waals surface area contributed by atoms with Crippen LogP contribution in [0.25, 0.3) is 0 Å². The molecule has 0 amide bonds. The van der Waals surface area contributed by atoms with Gasteiger partial charge in [0.1, 0.15) is 0 Å². The molecule has 24 heavy (non-hydrogen) atoms. The van der Waals surface area contributed by atoms with Gasteiger partial charge in [0, 0.05) is 22.0 Å². The van der Waals surface area contributed by atoms with Crippen LogP contribution in [0.15, 0.2) is 72.3 Å². The van der Waals surface area contributed by atoms with Crippen molar-refractivity contribution in [3.63, 3.8) is 0 Å². The van der Waals surface area contributed by atoms with Crippen molar-refractivity contribution >= 4 is 5.78 Å². The molecule has 0 saturated heterocycles. The monoisotopic (exact) mass is 321 g/mol. The van der Waals surface area contributed by atoms with Gasteiger partial charge in [-0.25, -0.2) is 0 Å². The molecule has 0 unspecified atom stereocenters. The number of benzene rings is 2. The van der Waals surface area contributed by atoms with Crippen LogP contribution in [0.1, 0.15) is 35.2 Å². The minimum absolute atomic E-state index is 0.113. The molecule has 2 aromatic rings. The summed E-state index contributed by atoms with van der Waals surface area (Å²) >= 11 is 0. The van der Waals surface area contributed by atoms with Gasteiger partial charge in [-0.3, -0.25) is 14.9 Å². The Morgan fingerprint density at radius 3 is 2.21 bits per heavy atom. The first-order valence-electron chi connectivity index (χ1n) is 8.08. The summed E-state index contributed by atoms with van der Waals surface area (Å²) < 4.78 is 0. The van der Waals surface area contributed by atoms with Crippen molar-refractivity contribution in [2.45, 2.75) is 25.3 Å². The molecule has 0 aromatic heterocycles. The van der Waals surface area contributed by atoms with Crippen LogP contribution in [-0.4, -0.2) is 16.7 Å². The van der Waals surface area contributed by atoms with Gasteiger partial charge >= 0.3 is 0 Å². The van der Waals surface area contributed by atoms with Gasteiger partial charge in [0.05, 0.1) is 5.92 Å². The number of allylic oxidation sites excluding steroid dienone is 1. The zero-order valence-electron chi connectivity index (χ0n) is 13.5. The Balaban J connectivity index is 2.08. The number of nitrogens with zero attached hydrogens (tertiary/aromatic N) is 1. The second-order valence-corrected chi connectivity index (χ2v) is 6.23. The van der Waals surface area contributed by atoms with Crippen molar-refractivity contribution in [3.8, 4) is 0 Å². The standard InChI is InChI=1S/C20H19NO3/c1-14-12-13-17(20(22)16-10-6-3-7-11-16)18(19(14)21(23)24)15-8-4-2-5-9-15/h2-11,13-14,18-19H,12H2,1H3/t14-,18-,19-/m1/s1. The van der Waals surface area contributed by atoms with E-state index in [2.05, 4.69) is 0 Å². The second kappa shape index (κ2) is 6.79. The number of hydrogen-bond donors (Lipinski definition) is 0. The van der Waals surface area contributed by atoms with E-state index in [-0.39, 0.29) is 16.6 Å². The molecule has 2 aromatic carbocycles. The summed E-state index contributed by atoms with van der Waals surface area (Å²) in [6, 6.07) is 17.5. The fourth-order valence-corrected chi connectivity index (χ4v) is 3.45. The number of nitro groups is 1. The maximum absolute atomic E-state index is 13.0. The lowest BCUT2D eigenvalue weighted by Gasteiger charge is -2.31. The molecule has 1 aliphatic carbocycles. The highest BCUT2D eigenvalue weighted by molar-refractivity contribution is 6.09. The third-order valence-electron chi connectivity index (χ3n) is 4.67. The topological polar surface area (TPSA) is 60.2 Å². The quantitative estimate of drug-likeness (QED) is 0.480. The van der Waals surface area contributed by atoms with Crippen molar-refractivity contribution < 1.29 is 9.72 Å². The number of carbonyl (C=O) groups is 1. The Bertz CT molecular complexity index is 768. The first-order valence-corrected chi connectivity index (χ1v) is 8.08. The molecule has 0 N–H and O–H groups in total. The fraction of sp³-hybridized carbons (Fsp3) is 0.250. The van der Waals surface area contributed by atoms with Crippen LogP contribution in [0.2, 0.25) is 0 Å². The van der Waals surface area contributed by atoms with E-state index in [0.717, 1.165) is 5.56 Å². The van der Waals surface area contributed by atoms with Crippen molar-refractivity contribution in [2.75, 3.05) is 0 Å². The van der Waals surface area contributed by atoms with E-state index in [4.69, 9.17) is 0 Å². The van der Waals surface area contributed by atoms with Crippen LogP contribution in [0.4, 0.5) is 0 Å². The Morgan fingerprint density at radius 1 is 1.04 bits per heavy atom. The Morgan fingerprint density at radius 2 is 1.62 bits per heavy atom. The molecule has 4 heteroatoms. The summed E-state index contributed by atoms with van der Waals surface area (Å²) in [5.41, 5.74) is 1.93. The highest BCUT2D eigenvalue weighted by atomic mass is 16.6. The van der Waals surface area contributed by atoms with Crippen molar-refractivity contribution in [1.82, 2.24) is 0 Å². The maximum atomic E-state index is 13.0. The second-order valence-electron chi connectivity index (χ2n) is 6.23. The summed E-state index contributed by atoms with van der Waals surface area (Å²) in [6.07, 6.45) is 2.43. The van der Waals surface area contributed by atoms with Crippen molar-refractivity contribution in [2.24, 2.45) is 5.92 Å². The molecule has 0 heterocycles. The van der Waals surface area contributed by atoms with Gasteiger partial charge in [-0.15, -0.1) is 0 Å². The normalized spacial score (nSPS) is 23.4. The molecule has 0 radical (unpaired) electrons. The lowest BCUT2D eigenvalue weighted by Crippen LogP contribution is -2.39. The smallest absolute Gasteiger partial charge is 0.226 e. The van der Waals surface area contributed by atoms with Gasteiger partial charge < -0.3 is 0 Å². The van der Waals surface area contributed by atoms with E-state index < -0.39 is 12.0 Å². The first kappa shape index (κ1) is 16.1. The summed E-state index contributed by atoms with van der Waals surface area (Å²) in [6.45, 7) is 1.88. The van der Waals surface area contributed by atoms with E-state index >= 15 is 0 Å². The van der Waals surface area contributed by atoms with E-state index in [1.54, 1.807) is 12.1 Å². The van der Waals surface area contributed by atoms with Crippen molar-refractivity contribution in [3.05, 3.63) is 93.6 Å². The number of ketones is 1. The average Bonchev–Trinajstić information content (AvgIpc) is 2.62. The zero-order valence-corrected chi connectivity index (χ0v) is 13.5. The third-order valence-corrected chi connectivity index (χ3v) is 4.67. The van der Waals surface area contributed by atoms with Crippen molar-refractivity contribution in [1.29, 1.82) is 0 Å². The Kier molecular flexibility index (Phi) is 4.56. The molecular weight excluding hydrogens is 302 g/mol. The SMILES string of the molecule is C[C@@H]1CC=C(C(=O)c2ccccc2)[C@@H](c2ccccc2)[C@@H]1[N+](=O)[O-]. The van der Waals surface area contributed by atoms with E-state index in [1.165, 1.54) is 0 Å². The van der Waals surface area contributed by atoms with E-state index in [0.29, 0.717) is 17.6 Å². The molecule has 0 aliphatic heterocycles. The average molecular weight is 321 g/mol. The van der Waals surface area contributed by atoms with E-state index in [9.17, 15) is 14.9 Å². The molecular formula is C20H19NO3. The molecule has 122 valence electrons. The van der Waals surface area contributed by atoms with Gasteiger partial charge in [-0.2, -0.15) is 0 Å². The Hall–Kier alpha value is -2.75. The summed E-state index contributed by atoms with van der Waals surface area (Å²) in [7, 11) is 0. The number of carbonyl (C=O) groups excluding carboxylic acids is 1. The molecule has 3 atom stereocenters. The Labute approximate surface area is 141 Å². The van der Waals surface area contributed by atoms with Crippen LogP contribution >= 0.6 is 0 Å². The zero-order chi connectivity index (χ0) is 17.1. The predicted octanol–water partition coefficient (Wildman–Crippen LogP) is 4.26. The van der Waals surface area contributed by atoms with Gasteiger partial charge in [0.15, 0.2) is 5.78 Å². The van der Waals surface area contributed by atoms with Gasteiger partial charge in [0.25, 0.3) is 0 Å². The fourth-order valence-electron chi connectivity index (χ4n) is 3.45. The van der Waals surface area contributed by atoms with Crippen LogP contribution in [0, 0.1) is 16.0 Å². The molecule has 0 spiro atoms. The van der Waals surface area contributed by atoms with Crippen LogP contribution in [0.5, 0.6) is 0 Å². The third kappa shape index (κ3) is 3.00. The lowest BCUT2D eigenvalue weighted by atomic mass is 9.72.